The number of methoxy groups -OCH3 is 1. The van der Waals surface area contributed by atoms with Crippen molar-refractivity contribution >= 4 is 10.9 Å². The molecule has 0 saturated heterocycles. The Morgan fingerprint density at radius 1 is 1.08 bits per heavy atom. The summed E-state index contributed by atoms with van der Waals surface area (Å²) in [5.41, 5.74) is 2.15. The molecule has 2 aromatic carbocycles. The van der Waals surface area contributed by atoms with Gasteiger partial charge in [-0.05, 0) is 54.8 Å². The molecule has 26 heavy (non-hydrogen) atoms. The van der Waals surface area contributed by atoms with Crippen molar-refractivity contribution < 1.29 is 22.6 Å². The van der Waals surface area contributed by atoms with Gasteiger partial charge in [-0.3, -0.25) is 0 Å². The molecular formula is C20H18F3NO2. The van der Waals surface area contributed by atoms with Crippen molar-refractivity contribution in [3.8, 4) is 11.5 Å². The van der Waals surface area contributed by atoms with Crippen molar-refractivity contribution in [3.05, 3.63) is 59.3 Å². The van der Waals surface area contributed by atoms with Gasteiger partial charge in [-0.15, -0.1) is 0 Å². The van der Waals surface area contributed by atoms with Crippen molar-refractivity contribution in [2.45, 2.75) is 32.2 Å². The van der Waals surface area contributed by atoms with Gasteiger partial charge in [0.25, 0.3) is 0 Å². The molecule has 6 heteroatoms. The maximum Gasteiger partial charge on any atom is 0.419 e. The fourth-order valence-electron chi connectivity index (χ4n) is 3.52. The topological polar surface area (TPSA) is 23.4 Å². The summed E-state index contributed by atoms with van der Waals surface area (Å²) in [6.07, 6.45) is -2.22. The molecule has 0 unspecified atom stereocenters. The highest BCUT2D eigenvalue weighted by Gasteiger charge is 2.34. The van der Waals surface area contributed by atoms with Gasteiger partial charge in [-0.1, -0.05) is 6.07 Å². The molecule has 3 aromatic rings. The standard InChI is InChI=1S/C20H18F3NO2/c1-25-19-7-4-13(9-17(19)20(21,22)23)12-26-16-5-6-18-14(11-16)10-15-3-2-8-24(15)18/h4-7,9-11H,2-3,8,12H2,1H3. The summed E-state index contributed by atoms with van der Waals surface area (Å²) in [7, 11) is 1.23. The summed E-state index contributed by atoms with van der Waals surface area (Å²) < 4.78 is 52.2. The highest BCUT2D eigenvalue weighted by atomic mass is 19.4. The number of halogens is 3. The third kappa shape index (κ3) is 3.00. The Bertz CT molecular complexity index is 960. The molecule has 0 amide bonds. The lowest BCUT2D eigenvalue weighted by atomic mass is 10.1. The molecular weight excluding hydrogens is 343 g/mol. The van der Waals surface area contributed by atoms with Crippen LogP contribution in [-0.2, 0) is 25.7 Å². The molecule has 1 aliphatic rings. The molecule has 4 rings (SSSR count). The lowest BCUT2D eigenvalue weighted by Crippen LogP contribution is -2.09. The van der Waals surface area contributed by atoms with Gasteiger partial charge in [-0.25, -0.2) is 0 Å². The van der Waals surface area contributed by atoms with Crippen molar-refractivity contribution in [1.82, 2.24) is 4.57 Å². The zero-order valence-electron chi connectivity index (χ0n) is 14.3. The SMILES string of the molecule is COc1ccc(COc2ccc3c(c2)cc2n3CCC2)cc1C(F)(F)F. The Balaban J connectivity index is 1.55. The molecule has 0 atom stereocenters. The number of aryl methyl sites for hydroxylation is 2. The van der Waals surface area contributed by atoms with Gasteiger partial charge in [-0.2, -0.15) is 13.2 Å². The summed E-state index contributed by atoms with van der Waals surface area (Å²) in [5, 5.41) is 1.10. The number of hydrogen-bond donors (Lipinski definition) is 0. The molecule has 1 aliphatic heterocycles. The van der Waals surface area contributed by atoms with Gasteiger partial charge in [0.05, 0.1) is 12.7 Å². The molecule has 0 saturated carbocycles. The second-order valence-electron chi connectivity index (χ2n) is 6.43. The zero-order chi connectivity index (χ0) is 18.3. The first-order valence-electron chi connectivity index (χ1n) is 8.45. The summed E-state index contributed by atoms with van der Waals surface area (Å²) in [6.45, 7) is 1.09. The largest absolute Gasteiger partial charge is 0.496 e. The second-order valence-corrected chi connectivity index (χ2v) is 6.43. The fraction of sp³-hybridized carbons (Fsp3) is 0.300. The first-order valence-corrected chi connectivity index (χ1v) is 8.45. The summed E-state index contributed by atoms with van der Waals surface area (Å²) in [5.74, 6) is 0.456. The molecule has 0 N–H and O–H groups in total. The first kappa shape index (κ1) is 16.8. The summed E-state index contributed by atoms with van der Waals surface area (Å²) in [4.78, 5) is 0. The van der Waals surface area contributed by atoms with Crippen LogP contribution in [0.15, 0.2) is 42.5 Å². The minimum Gasteiger partial charge on any atom is -0.496 e. The number of nitrogens with zero attached hydrogens (tertiary/aromatic N) is 1. The number of benzene rings is 2. The monoisotopic (exact) mass is 361 g/mol. The number of aromatic nitrogens is 1. The highest BCUT2D eigenvalue weighted by Crippen LogP contribution is 2.37. The van der Waals surface area contributed by atoms with Gasteiger partial charge in [0.2, 0.25) is 0 Å². The van der Waals surface area contributed by atoms with Crippen LogP contribution >= 0.6 is 0 Å². The smallest absolute Gasteiger partial charge is 0.419 e. The van der Waals surface area contributed by atoms with Crippen LogP contribution in [0.4, 0.5) is 13.2 Å². The van der Waals surface area contributed by atoms with Crippen LogP contribution in [0.25, 0.3) is 10.9 Å². The molecule has 0 radical (unpaired) electrons. The van der Waals surface area contributed by atoms with Gasteiger partial charge in [0, 0.05) is 23.1 Å². The van der Waals surface area contributed by atoms with Gasteiger partial charge in [0.15, 0.2) is 0 Å². The predicted molar refractivity (Wildman–Crippen MR) is 92.6 cm³/mol. The van der Waals surface area contributed by atoms with Gasteiger partial charge >= 0.3 is 6.18 Å². The van der Waals surface area contributed by atoms with Crippen LogP contribution in [0.3, 0.4) is 0 Å². The minimum atomic E-state index is -4.46. The van der Waals surface area contributed by atoms with E-state index < -0.39 is 11.7 Å². The van der Waals surface area contributed by atoms with E-state index >= 15 is 0 Å². The van der Waals surface area contributed by atoms with Crippen LogP contribution in [-0.4, -0.2) is 11.7 Å². The van der Waals surface area contributed by atoms with Crippen molar-refractivity contribution in [3.63, 3.8) is 0 Å². The Morgan fingerprint density at radius 2 is 1.92 bits per heavy atom. The lowest BCUT2D eigenvalue weighted by molar-refractivity contribution is -0.138. The van der Waals surface area contributed by atoms with E-state index in [0.717, 1.165) is 24.4 Å². The molecule has 1 aromatic heterocycles. The van der Waals surface area contributed by atoms with Crippen molar-refractivity contribution in [1.29, 1.82) is 0 Å². The molecule has 136 valence electrons. The maximum atomic E-state index is 13.1. The van der Waals surface area contributed by atoms with E-state index in [4.69, 9.17) is 9.47 Å². The Labute approximate surface area is 148 Å². The van der Waals surface area contributed by atoms with E-state index in [1.165, 1.54) is 30.8 Å². The highest BCUT2D eigenvalue weighted by molar-refractivity contribution is 5.83. The van der Waals surface area contributed by atoms with E-state index in [1.807, 2.05) is 18.2 Å². The molecule has 3 nitrogen and oxygen atoms in total. The Hall–Kier alpha value is -2.63. The van der Waals surface area contributed by atoms with Crippen LogP contribution in [0.2, 0.25) is 0 Å². The van der Waals surface area contributed by atoms with Crippen molar-refractivity contribution in [2.75, 3.05) is 7.11 Å². The normalized spacial score (nSPS) is 13.8. The number of ether oxygens (including phenoxy) is 2. The number of rotatable bonds is 4. The minimum absolute atomic E-state index is 0.0617. The average molecular weight is 361 g/mol. The van der Waals surface area contributed by atoms with Crippen LogP contribution in [0.5, 0.6) is 11.5 Å². The third-order valence-electron chi connectivity index (χ3n) is 4.75. The first-order chi connectivity index (χ1) is 12.5. The molecule has 0 spiro atoms. The molecule has 2 heterocycles. The molecule has 0 aliphatic carbocycles. The van der Waals surface area contributed by atoms with Crippen molar-refractivity contribution in [2.24, 2.45) is 0 Å². The summed E-state index contributed by atoms with van der Waals surface area (Å²) >= 11 is 0. The van der Waals surface area contributed by atoms with Gasteiger partial charge < -0.3 is 14.0 Å². The maximum absolute atomic E-state index is 13.1. The quantitative estimate of drug-likeness (QED) is 0.638. The zero-order valence-corrected chi connectivity index (χ0v) is 14.3. The second kappa shape index (κ2) is 6.27. The number of fused-ring (bicyclic) bond motifs is 3. The summed E-state index contributed by atoms with van der Waals surface area (Å²) in [6, 6.07) is 11.9. The molecule has 0 fully saturated rings. The van der Waals surface area contributed by atoms with Crippen LogP contribution in [0, 0.1) is 0 Å². The lowest BCUT2D eigenvalue weighted by Gasteiger charge is -2.14. The third-order valence-corrected chi connectivity index (χ3v) is 4.75. The Morgan fingerprint density at radius 3 is 2.69 bits per heavy atom. The Kier molecular flexibility index (Phi) is 4.05. The van der Waals surface area contributed by atoms with E-state index in [0.29, 0.717) is 11.3 Å². The van der Waals surface area contributed by atoms with E-state index in [1.54, 1.807) is 6.07 Å². The van der Waals surface area contributed by atoms with E-state index in [9.17, 15) is 13.2 Å². The van der Waals surface area contributed by atoms with Crippen LogP contribution < -0.4 is 9.47 Å². The van der Waals surface area contributed by atoms with Crippen LogP contribution in [0.1, 0.15) is 23.2 Å². The average Bonchev–Trinajstić information content (AvgIpc) is 3.19. The number of hydrogen-bond acceptors (Lipinski definition) is 2. The fourth-order valence-corrected chi connectivity index (χ4v) is 3.52. The molecule has 0 bridgehead atoms. The van der Waals surface area contributed by atoms with Gasteiger partial charge in [0.1, 0.15) is 18.1 Å². The number of alkyl halides is 3. The van der Waals surface area contributed by atoms with E-state index in [-0.39, 0.29) is 12.4 Å². The predicted octanol–water partition coefficient (Wildman–Crippen LogP) is 5.19. The van der Waals surface area contributed by atoms with E-state index in [2.05, 4.69) is 10.6 Å².